The summed E-state index contributed by atoms with van der Waals surface area (Å²) in [5.41, 5.74) is 3.43. The zero-order valence-corrected chi connectivity index (χ0v) is 15.3. The summed E-state index contributed by atoms with van der Waals surface area (Å²) in [5.74, 6) is 1.20. The molecule has 0 aliphatic heterocycles. The third-order valence-corrected chi connectivity index (χ3v) is 3.64. The third-order valence-electron chi connectivity index (χ3n) is 3.64. The number of methoxy groups -OCH3 is 2. The molecule has 1 aromatic rings. The smallest absolute Gasteiger partial charge is 0.161 e. The molecule has 132 valence electrons. The van der Waals surface area contributed by atoms with Crippen LogP contribution < -0.4 is 9.47 Å². The molecule has 1 rings (SSSR count). The Bertz CT molecular complexity index is 725. The number of nitrogens with zero attached hydrogens (tertiary/aromatic N) is 1. The quantitative estimate of drug-likeness (QED) is 0.281. The van der Waals surface area contributed by atoms with Crippen LogP contribution in [-0.2, 0) is 4.79 Å². The van der Waals surface area contributed by atoms with Crippen LogP contribution in [0.15, 0.2) is 65.2 Å². The minimum Gasteiger partial charge on any atom is -0.493 e. The normalized spacial score (nSPS) is 12.6. The first-order chi connectivity index (χ1) is 12.1. The van der Waals surface area contributed by atoms with E-state index >= 15 is 0 Å². The highest BCUT2D eigenvalue weighted by Gasteiger charge is 2.07. The SMILES string of the molecule is C=C(\C=C/C=N/C(=C\C=O)c1ccc(OC)c(OC)c1)/C(=C/C)CC. The Kier molecular flexibility index (Phi) is 8.72. The van der Waals surface area contributed by atoms with E-state index in [1.807, 2.05) is 25.1 Å². The maximum Gasteiger partial charge on any atom is 0.161 e. The van der Waals surface area contributed by atoms with Gasteiger partial charge in [0.2, 0.25) is 0 Å². The van der Waals surface area contributed by atoms with Crippen LogP contribution >= 0.6 is 0 Å². The number of carbonyl (C=O) groups excluding carboxylic acids is 1. The van der Waals surface area contributed by atoms with Gasteiger partial charge < -0.3 is 9.47 Å². The molecule has 0 atom stereocenters. The molecule has 0 fully saturated rings. The molecule has 4 heteroatoms. The standard InChI is InChI=1S/C21H25NO3/c1-6-17(7-2)16(3)9-8-13-22-19(12-14-23)18-10-11-20(24-4)21(15-18)25-5/h6,8-15H,3,7H2,1-2,4-5H3/b9-8-,17-6+,19-12-,22-13+. The van der Waals surface area contributed by atoms with Gasteiger partial charge in [0, 0.05) is 17.9 Å². The fourth-order valence-corrected chi connectivity index (χ4v) is 2.28. The van der Waals surface area contributed by atoms with E-state index in [1.165, 1.54) is 11.6 Å². The van der Waals surface area contributed by atoms with Crippen molar-refractivity contribution in [2.45, 2.75) is 20.3 Å². The molecule has 4 nitrogen and oxygen atoms in total. The summed E-state index contributed by atoms with van der Waals surface area (Å²) in [4.78, 5) is 15.3. The van der Waals surface area contributed by atoms with Crippen LogP contribution in [0.25, 0.3) is 5.70 Å². The van der Waals surface area contributed by atoms with E-state index in [-0.39, 0.29) is 0 Å². The van der Waals surface area contributed by atoms with Crippen molar-refractivity contribution >= 4 is 18.2 Å². The van der Waals surface area contributed by atoms with Gasteiger partial charge in [0.25, 0.3) is 0 Å². The summed E-state index contributed by atoms with van der Waals surface area (Å²) < 4.78 is 10.5. The summed E-state index contributed by atoms with van der Waals surface area (Å²) in [6.07, 6.45) is 10.4. The Hall–Kier alpha value is -2.88. The second kappa shape index (κ2) is 10.8. The fraction of sp³-hybridized carbons (Fsp3) is 0.238. The molecule has 1 aromatic carbocycles. The zero-order valence-electron chi connectivity index (χ0n) is 15.3. The third kappa shape index (κ3) is 5.92. The molecule has 0 unspecified atom stereocenters. The number of aldehydes is 1. The second-order valence-corrected chi connectivity index (χ2v) is 5.09. The molecule has 0 heterocycles. The first kappa shape index (κ1) is 20.2. The molecule has 0 aliphatic rings. The van der Waals surface area contributed by atoms with Crippen LogP contribution in [0.1, 0.15) is 25.8 Å². The van der Waals surface area contributed by atoms with Crippen LogP contribution in [0.5, 0.6) is 11.5 Å². The van der Waals surface area contributed by atoms with Gasteiger partial charge in [-0.25, -0.2) is 0 Å². The molecule has 0 saturated carbocycles. The Balaban J connectivity index is 3.01. The maximum atomic E-state index is 10.9. The first-order valence-corrected chi connectivity index (χ1v) is 8.04. The second-order valence-electron chi connectivity index (χ2n) is 5.09. The average Bonchev–Trinajstić information content (AvgIpc) is 2.64. The van der Waals surface area contributed by atoms with Crippen molar-refractivity contribution in [2.75, 3.05) is 14.2 Å². The van der Waals surface area contributed by atoms with Gasteiger partial charge in [-0.2, -0.15) is 0 Å². The summed E-state index contributed by atoms with van der Waals surface area (Å²) in [6.45, 7) is 8.11. The average molecular weight is 339 g/mol. The van der Waals surface area contributed by atoms with E-state index in [0.29, 0.717) is 23.5 Å². The molecule has 0 radical (unpaired) electrons. The minimum atomic E-state index is 0.535. The van der Waals surface area contributed by atoms with E-state index in [9.17, 15) is 4.79 Å². The van der Waals surface area contributed by atoms with Gasteiger partial charge in [-0.3, -0.25) is 9.79 Å². The van der Waals surface area contributed by atoms with Crippen molar-refractivity contribution in [1.82, 2.24) is 0 Å². The molecule has 0 bridgehead atoms. The number of rotatable bonds is 9. The zero-order chi connectivity index (χ0) is 18.7. The number of hydrogen-bond acceptors (Lipinski definition) is 4. The number of benzene rings is 1. The summed E-state index contributed by atoms with van der Waals surface area (Å²) in [6, 6.07) is 5.38. The van der Waals surface area contributed by atoms with Gasteiger partial charge in [0.1, 0.15) is 6.29 Å². The Morgan fingerprint density at radius 1 is 1.24 bits per heavy atom. The minimum absolute atomic E-state index is 0.535. The van der Waals surface area contributed by atoms with Crippen molar-refractivity contribution in [3.63, 3.8) is 0 Å². The van der Waals surface area contributed by atoms with Crippen LogP contribution in [0, 0.1) is 0 Å². The highest BCUT2D eigenvalue weighted by molar-refractivity contribution is 5.87. The van der Waals surface area contributed by atoms with Crippen molar-refractivity contribution in [2.24, 2.45) is 4.99 Å². The predicted molar refractivity (Wildman–Crippen MR) is 104 cm³/mol. The Morgan fingerprint density at radius 3 is 2.52 bits per heavy atom. The maximum absolute atomic E-state index is 10.9. The summed E-state index contributed by atoms with van der Waals surface area (Å²) in [5, 5.41) is 0. The lowest BCUT2D eigenvalue weighted by molar-refractivity contribution is -0.104. The predicted octanol–water partition coefficient (Wildman–Crippen LogP) is 4.78. The number of hydrogen-bond donors (Lipinski definition) is 0. The van der Waals surface area contributed by atoms with E-state index < -0.39 is 0 Å². The topological polar surface area (TPSA) is 47.9 Å². The van der Waals surface area contributed by atoms with Gasteiger partial charge in [0.15, 0.2) is 11.5 Å². The molecule has 0 aromatic heterocycles. The largest absolute Gasteiger partial charge is 0.493 e. The lowest BCUT2D eigenvalue weighted by Gasteiger charge is -2.09. The monoisotopic (exact) mass is 339 g/mol. The molecule has 0 aliphatic carbocycles. The molecule has 0 N–H and O–H groups in total. The summed E-state index contributed by atoms with van der Waals surface area (Å²) in [7, 11) is 3.14. The van der Waals surface area contributed by atoms with Gasteiger partial charge in [-0.05, 0) is 48.8 Å². The van der Waals surface area contributed by atoms with Crippen molar-refractivity contribution in [3.8, 4) is 11.5 Å². The van der Waals surface area contributed by atoms with E-state index in [0.717, 1.165) is 17.6 Å². The molecule has 25 heavy (non-hydrogen) atoms. The molecular formula is C21H25NO3. The molecular weight excluding hydrogens is 314 g/mol. The highest BCUT2D eigenvalue weighted by atomic mass is 16.5. The van der Waals surface area contributed by atoms with Gasteiger partial charge in [0.05, 0.1) is 19.9 Å². The van der Waals surface area contributed by atoms with Gasteiger partial charge >= 0.3 is 0 Å². The lowest BCUT2D eigenvalue weighted by atomic mass is 10.1. The van der Waals surface area contributed by atoms with Gasteiger partial charge in [-0.15, -0.1) is 0 Å². The van der Waals surface area contributed by atoms with E-state index in [4.69, 9.17) is 9.47 Å². The number of ether oxygens (including phenoxy) is 2. The van der Waals surface area contributed by atoms with E-state index in [1.54, 1.807) is 38.6 Å². The number of allylic oxidation sites excluding steroid dienone is 6. The van der Waals surface area contributed by atoms with Crippen molar-refractivity contribution in [1.29, 1.82) is 0 Å². The van der Waals surface area contributed by atoms with Crippen molar-refractivity contribution in [3.05, 3.63) is 65.8 Å². The highest BCUT2D eigenvalue weighted by Crippen LogP contribution is 2.30. The lowest BCUT2D eigenvalue weighted by Crippen LogP contribution is -1.92. The van der Waals surface area contributed by atoms with Crippen LogP contribution in [0.4, 0.5) is 0 Å². The number of carbonyl (C=O) groups is 1. The summed E-state index contributed by atoms with van der Waals surface area (Å²) >= 11 is 0. The Labute approximate surface area is 149 Å². The van der Waals surface area contributed by atoms with Crippen molar-refractivity contribution < 1.29 is 14.3 Å². The number of aliphatic imine (C=N–C) groups is 1. The van der Waals surface area contributed by atoms with Crippen LogP contribution in [0.2, 0.25) is 0 Å². The molecule has 0 spiro atoms. The van der Waals surface area contributed by atoms with Gasteiger partial charge in [-0.1, -0.05) is 25.7 Å². The van der Waals surface area contributed by atoms with Crippen LogP contribution in [-0.4, -0.2) is 26.7 Å². The fourth-order valence-electron chi connectivity index (χ4n) is 2.28. The Morgan fingerprint density at radius 2 is 1.96 bits per heavy atom. The first-order valence-electron chi connectivity index (χ1n) is 8.04. The van der Waals surface area contributed by atoms with Crippen LogP contribution in [0.3, 0.4) is 0 Å². The molecule has 0 saturated heterocycles. The van der Waals surface area contributed by atoms with E-state index in [2.05, 4.69) is 18.5 Å². The molecule has 0 amide bonds.